The van der Waals surface area contributed by atoms with E-state index in [-0.39, 0.29) is 13.2 Å². The molecule has 0 saturated carbocycles. The fraction of sp³-hybridized carbons (Fsp3) is 0.481. The molecular weight excluding hydrogens is 418 g/mol. The highest BCUT2D eigenvalue weighted by Gasteiger charge is 2.17. The van der Waals surface area contributed by atoms with E-state index >= 15 is 0 Å². The smallest absolute Gasteiger partial charge is 0.0917 e. The molecule has 2 rings (SSSR count). The normalized spacial score (nSPS) is 12.7. The standard InChI is InChI=1S/C27H39NO3S/c1-5-16-28(18-21-11-12-23(19-29)24(17-21)20-30)26-14-13-25(32-26)22(6-2)10-9-15-27(31,7-3)8-4/h9-15,17,29-31H,5-8,16,18-20H2,1-4H3. The molecule has 0 atom stereocenters. The predicted octanol–water partition coefficient (Wildman–Crippen LogP) is 6.05. The van der Waals surface area contributed by atoms with Gasteiger partial charge in [-0.05, 0) is 60.1 Å². The summed E-state index contributed by atoms with van der Waals surface area (Å²) in [6, 6.07) is 10.3. The van der Waals surface area contributed by atoms with Gasteiger partial charge >= 0.3 is 0 Å². The van der Waals surface area contributed by atoms with Gasteiger partial charge in [0.05, 0.1) is 23.8 Å². The van der Waals surface area contributed by atoms with E-state index in [9.17, 15) is 15.3 Å². The van der Waals surface area contributed by atoms with Crippen LogP contribution >= 0.6 is 11.3 Å². The van der Waals surface area contributed by atoms with Crippen molar-refractivity contribution in [3.63, 3.8) is 0 Å². The number of hydrogen-bond donors (Lipinski definition) is 3. The third-order valence-corrected chi connectivity index (χ3v) is 7.23. The quantitative estimate of drug-likeness (QED) is 0.320. The minimum absolute atomic E-state index is 0.0579. The zero-order valence-electron chi connectivity index (χ0n) is 20.0. The van der Waals surface area contributed by atoms with Crippen LogP contribution < -0.4 is 4.90 Å². The first-order valence-corrected chi connectivity index (χ1v) is 12.5. The Hall–Kier alpha value is -1.92. The number of nitrogens with zero attached hydrogens (tertiary/aromatic N) is 1. The Morgan fingerprint density at radius 2 is 1.72 bits per heavy atom. The second-order valence-electron chi connectivity index (χ2n) is 8.19. The average molecular weight is 458 g/mol. The van der Waals surface area contributed by atoms with Gasteiger partial charge in [0.2, 0.25) is 0 Å². The van der Waals surface area contributed by atoms with Crippen LogP contribution in [0.25, 0.3) is 5.57 Å². The Labute approximate surface area is 197 Å². The number of rotatable bonds is 13. The van der Waals surface area contributed by atoms with Crippen LogP contribution in [0.15, 0.2) is 48.6 Å². The highest BCUT2D eigenvalue weighted by molar-refractivity contribution is 7.17. The lowest BCUT2D eigenvalue weighted by Gasteiger charge is -2.23. The Kier molecular flexibility index (Phi) is 10.7. The summed E-state index contributed by atoms with van der Waals surface area (Å²) in [6.07, 6.45) is 9.42. The summed E-state index contributed by atoms with van der Waals surface area (Å²) in [5, 5.41) is 30.8. The summed E-state index contributed by atoms with van der Waals surface area (Å²) in [4.78, 5) is 3.62. The van der Waals surface area contributed by atoms with Crippen LogP contribution in [-0.4, -0.2) is 27.5 Å². The molecule has 5 heteroatoms. The SMILES string of the molecule is CCCN(Cc1ccc(CO)c(CO)c1)c1ccc(C(=CC=CC(O)(CC)CC)CC)s1. The van der Waals surface area contributed by atoms with Gasteiger partial charge in [-0.15, -0.1) is 11.3 Å². The van der Waals surface area contributed by atoms with E-state index < -0.39 is 5.60 Å². The van der Waals surface area contributed by atoms with Crippen molar-refractivity contribution in [2.75, 3.05) is 11.4 Å². The molecular formula is C27H39NO3S. The number of anilines is 1. The summed E-state index contributed by atoms with van der Waals surface area (Å²) in [6.45, 7) is 9.94. The van der Waals surface area contributed by atoms with Crippen LogP contribution in [0.3, 0.4) is 0 Å². The third kappa shape index (κ3) is 7.04. The third-order valence-electron chi connectivity index (χ3n) is 6.01. The second kappa shape index (κ2) is 12.9. The highest BCUT2D eigenvalue weighted by atomic mass is 32.1. The Morgan fingerprint density at radius 1 is 1.00 bits per heavy atom. The molecule has 0 bridgehead atoms. The topological polar surface area (TPSA) is 63.9 Å². The molecule has 0 aliphatic carbocycles. The molecule has 4 nitrogen and oxygen atoms in total. The van der Waals surface area contributed by atoms with Crippen molar-refractivity contribution in [3.8, 4) is 0 Å². The van der Waals surface area contributed by atoms with Crippen LogP contribution in [0.5, 0.6) is 0 Å². The van der Waals surface area contributed by atoms with Crippen molar-refractivity contribution < 1.29 is 15.3 Å². The molecule has 32 heavy (non-hydrogen) atoms. The molecule has 0 saturated heterocycles. The maximum Gasteiger partial charge on any atom is 0.0917 e. The van der Waals surface area contributed by atoms with Gasteiger partial charge in [-0.2, -0.15) is 0 Å². The number of hydrogen-bond acceptors (Lipinski definition) is 5. The van der Waals surface area contributed by atoms with Crippen molar-refractivity contribution in [2.24, 2.45) is 0 Å². The fourth-order valence-corrected chi connectivity index (χ4v) is 4.84. The number of thiophene rings is 1. The Balaban J connectivity index is 2.24. The van der Waals surface area contributed by atoms with Crippen LogP contribution in [0.2, 0.25) is 0 Å². The van der Waals surface area contributed by atoms with E-state index in [0.717, 1.165) is 42.6 Å². The van der Waals surface area contributed by atoms with Crippen molar-refractivity contribution in [2.45, 2.75) is 78.7 Å². The van der Waals surface area contributed by atoms with Crippen LogP contribution in [0.4, 0.5) is 5.00 Å². The Morgan fingerprint density at radius 3 is 2.31 bits per heavy atom. The van der Waals surface area contributed by atoms with Gasteiger partial charge < -0.3 is 20.2 Å². The summed E-state index contributed by atoms with van der Waals surface area (Å²) < 4.78 is 0. The van der Waals surface area contributed by atoms with Gasteiger partial charge in [0.15, 0.2) is 0 Å². The number of benzene rings is 1. The lowest BCUT2D eigenvalue weighted by molar-refractivity contribution is 0.0828. The molecule has 1 heterocycles. The van der Waals surface area contributed by atoms with E-state index in [4.69, 9.17) is 0 Å². The van der Waals surface area contributed by atoms with Crippen molar-refractivity contribution in [1.29, 1.82) is 0 Å². The molecule has 0 spiro atoms. The molecule has 176 valence electrons. The van der Waals surface area contributed by atoms with Gasteiger partial charge in [-0.25, -0.2) is 0 Å². The van der Waals surface area contributed by atoms with Crippen LogP contribution in [-0.2, 0) is 19.8 Å². The van der Waals surface area contributed by atoms with Gasteiger partial charge in [-0.3, -0.25) is 0 Å². The largest absolute Gasteiger partial charge is 0.392 e. The molecule has 0 unspecified atom stereocenters. The van der Waals surface area contributed by atoms with Crippen LogP contribution in [0.1, 0.15) is 74.9 Å². The molecule has 0 fully saturated rings. The molecule has 1 aromatic carbocycles. The summed E-state index contributed by atoms with van der Waals surface area (Å²) in [5.41, 5.74) is 3.23. The maximum atomic E-state index is 10.5. The number of aliphatic hydroxyl groups is 3. The average Bonchev–Trinajstić information content (AvgIpc) is 3.31. The summed E-state index contributed by atoms with van der Waals surface area (Å²) >= 11 is 1.79. The van der Waals surface area contributed by atoms with E-state index in [1.165, 1.54) is 15.5 Å². The number of aliphatic hydroxyl groups excluding tert-OH is 2. The predicted molar refractivity (Wildman–Crippen MR) is 137 cm³/mol. The summed E-state index contributed by atoms with van der Waals surface area (Å²) in [5.74, 6) is 0. The first-order valence-electron chi connectivity index (χ1n) is 11.7. The lowest BCUT2D eigenvalue weighted by atomic mass is 9.97. The van der Waals surface area contributed by atoms with Gasteiger partial charge in [0.1, 0.15) is 0 Å². The summed E-state index contributed by atoms with van der Waals surface area (Å²) in [7, 11) is 0. The highest BCUT2D eigenvalue weighted by Crippen LogP contribution is 2.33. The van der Waals surface area contributed by atoms with E-state index in [1.54, 1.807) is 11.3 Å². The first-order chi connectivity index (χ1) is 15.4. The second-order valence-corrected chi connectivity index (χ2v) is 9.26. The van der Waals surface area contributed by atoms with Gasteiger partial charge in [-0.1, -0.05) is 64.1 Å². The zero-order valence-corrected chi connectivity index (χ0v) is 20.8. The zero-order chi connectivity index (χ0) is 23.6. The molecule has 0 radical (unpaired) electrons. The van der Waals surface area contributed by atoms with Crippen molar-refractivity contribution in [3.05, 3.63) is 70.1 Å². The molecule has 2 aromatic rings. The molecule has 1 aromatic heterocycles. The van der Waals surface area contributed by atoms with Crippen molar-refractivity contribution in [1.82, 2.24) is 0 Å². The lowest BCUT2D eigenvalue weighted by Crippen LogP contribution is -2.22. The van der Waals surface area contributed by atoms with E-state index in [0.29, 0.717) is 12.8 Å². The van der Waals surface area contributed by atoms with Crippen LogP contribution in [0, 0.1) is 0 Å². The molecule has 0 aliphatic rings. The first kappa shape index (κ1) is 26.3. The molecule has 0 amide bonds. The van der Waals surface area contributed by atoms with Crippen molar-refractivity contribution >= 4 is 21.9 Å². The van der Waals surface area contributed by atoms with Gasteiger partial charge in [0.25, 0.3) is 0 Å². The van der Waals surface area contributed by atoms with E-state index in [2.05, 4.69) is 37.0 Å². The van der Waals surface area contributed by atoms with Gasteiger partial charge in [0, 0.05) is 18.0 Å². The minimum Gasteiger partial charge on any atom is -0.392 e. The van der Waals surface area contributed by atoms with E-state index in [1.807, 2.05) is 44.2 Å². The molecule has 3 N–H and O–H groups in total. The molecule has 0 aliphatic heterocycles. The Bertz CT molecular complexity index is 896. The fourth-order valence-electron chi connectivity index (χ4n) is 3.71. The monoisotopic (exact) mass is 457 g/mol. The minimum atomic E-state index is -0.729. The number of allylic oxidation sites excluding steroid dienone is 3. The maximum absolute atomic E-state index is 10.5.